The summed E-state index contributed by atoms with van der Waals surface area (Å²) < 4.78 is 60.9. The molecule has 0 amide bonds. The first-order valence-electron chi connectivity index (χ1n) is 6.22. The average Bonchev–Trinajstić information content (AvgIpc) is 2.37. The molecule has 0 saturated carbocycles. The van der Waals surface area contributed by atoms with Gasteiger partial charge in [0, 0.05) is 0 Å². The summed E-state index contributed by atoms with van der Waals surface area (Å²) in [4.78, 5) is -1.22. The maximum atomic E-state index is 12.1. The highest BCUT2D eigenvalue weighted by Gasteiger charge is 2.27. The molecule has 0 aliphatic rings. The predicted octanol–water partition coefficient (Wildman–Crippen LogP) is 2.22. The SMILES string of the molecule is CCCC(CC)OS(=O)(=O)c1ccccc1S(=O)(=O)O. The second-order valence-electron chi connectivity index (χ2n) is 4.29. The van der Waals surface area contributed by atoms with Crippen LogP contribution in [0.25, 0.3) is 0 Å². The molecule has 1 N–H and O–H groups in total. The molecule has 0 spiro atoms. The van der Waals surface area contributed by atoms with E-state index < -0.39 is 36.1 Å². The predicted molar refractivity (Wildman–Crippen MR) is 73.5 cm³/mol. The van der Waals surface area contributed by atoms with E-state index >= 15 is 0 Å². The van der Waals surface area contributed by atoms with Crippen molar-refractivity contribution in [1.29, 1.82) is 0 Å². The van der Waals surface area contributed by atoms with Crippen molar-refractivity contribution in [2.24, 2.45) is 0 Å². The van der Waals surface area contributed by atoms with Crippen molar-refractivity contribution >= 4 is 20.2 Å². The van der Waals surface area contributed by atoms with Crippen molar-refractivity contribution in [2.45, 2.75) is 49.0 Å². The fraction of sp³-hybridized carbons (Fsp3) is 0.500. The van der Waals surface area contributed by atoms with Gasteiger partial charge in [-0.1, -0.05) is 32.4 Å². The molecular weight excluding hydrogens is 304 g/mol. The Morgan fingerprint density at radius 1 is 1.10 bits per heavy atom. The Morgan fingerprint density at radius 3 is 2.10 bits per heavy atom. The minimum absolute atomic E-state index is 0.487. The lowest BCUT2D eigenvalue weighted by Gasteiger charge is -2.16. The Labute approximate surface area is 119 Å². The number of benzene rings is 1. The van der Waals surface area contributed by atoms with Crippen LogP contribution in [0.3, 0.4) is 0 Å². The lowest BCUT2D eigenvalue weighted by molar-refractivity contribution is 0.192. The molecular formula is C12H18O6S2. The lowest BCUT2D eigenvalue weighted by Crippen LogP contribution is -2.19. The van der Waals surface area contributed by atoms with Crippen LogP contribution in [0.5, 0.6) is 0 Å². The van der Waals surface area contributed by atoms with Crippen molar-refractivity contribution in [1.82, 2.24) is 0 Å². The topological polar surface area (TPSA) is 97.7 Å². The van der Waals surface area contributed by atoms with Crippen LogP contribution < -0.4 is 0 Å². The van der Waals surface area contributed by atoms with Gasteiger partial charge in [0.2, 0.25) is 0 Å². The van der Waals surface area contributed by atoms with Gasteiger partial charge < -0.3 is 0 Å². The van der Waals surface area contributed by atoms with Gasteiger partial charge in [0.15, 0.2) is 0 Å². The minimum atomic E-state index is -4.63. The van der Waals surface area contributed by atoms with Crippen molar-refractivity contribution in [3.8, 4) is 0 Å². The molecule has 1 aromatic carbocycles. The minimum Gasteiger partial charge on any atom is -0.282 e. The summed E-state index contributed by atoms with van der Waals surface area (Å²) in [6.45, 7) is 3.68. The zero-order valence-electron chi connectivity index (χ0n) is 11.3. The molecule has 6 nitrogen and oxygen atoms in total. The van der Waals surface area contributed by atoms with Crippen LogP contribution in [0.1, 0.15) is 33.1 Å². The Hall–Kier alpha value is -0.960. The molecule has 0 bridgehead atoms. The normalized spacial score (nSPS) is 14.2. The van der Waals surface area contributed by atoms with Gasteiger partial charge in [-0.3, -0.25) is 8.74 Å². The molecule has 1 atom stereocenters. The molecule has 1 rings (SSSR count). The van der Waals surface area contributed by atoms with Gasteiger partial charge in [-0.25, -0.2) is 0 Å². The van der Waals surface area contributed by atoms with E-state index in [0.29, 0.717) is 12.8 Å². The molecule has 0 radical (unpaired) electrons. The van der Waals surface area contributed by atoms with Crippen LogP contribution in [0.2, 0.25) is 0 Å². The summed E-state index contributed by atoms with van der Waals surface area (Å²) in [5.41, 5.74) is 0. The Kier molecular flexibility index (Phi) is 5.69. The van der Waals surface area contributed by atoms with Crippen LogP contribution in [0.4, 0.5) is 0 Å². The quantitative estimate of drug-likeness (QED) is 0.610. The van der Waals surface area contributed by atoms with Gasteiger partial charge in [0.1, 0.15) is 9.79 Å². The van der Waals surface area contributed by atoms with Crippen molar-refractivity contribution in [2.75, 3.05) is 0 Å². The summed E-state index contributed by atoms with van der Waals surface area (Å²) in [6, 6.07) is 4.81. The molecule has 114 valence electrons. The summed E-state index contributed by atoms with van der Waals surface area (Å²) in [7, 11) is -8.88. The van der Waals surface area contributed by atoms with Gasteiger partial charge >= 0.3 is 0 Å². The zero-order chi connectivity index (χ0) is 15.4. The third-order valence-electron chi connectivity index (χ3n) is 2.73. The van der Waals surface area contributed by atoms with E-state index in [4.69, 9.17) is 8.74 Å². The first-order chi connectivity index (χ1) is 9.22. The third-order valence-corrected chi connectivity index (χ3v) is 5.19. The van der Waals surface area contributed by atoms with E-state index in [1.54, 1.807) is 6.92 Å². The standard InChI is InChI=1S/C12H18O6S2/c1-3-7-10(4-2)18-20(16,17)12-9-6-5-8-11(12)19(13,14)15/h5-6,8-10H,3-4,7H2,1-2H3,(H,13,14,15). The van der Waals surface area contributed by atoms with Gasteiger partial charge in [0.05, 0.1) is 6.10 Å². The van der Waals surface area contributed by atoms with E-state index in [2.05, 4.69) is 0 Å². The van der Waals surface area contributed by atoms with E-state index in [1.807, 2.05) is 6.92 Å². The molecule has 1 unspecified atom stereocenters. The lowest BCUT2D eigenvalue weighted by atomic mass is 10.2. The fourth-order valence-electron chi connectivity index (χ4n) is 1.74. The Balaban J connectivity index is 3.23. The molecule has 0 aliphatic carbocycles. The van der Waals surface area contributed by atoms with E-state index in [-0.39, 0.29) is 0 Å². The number of hydrogen-bond acceptors (Lipinski definition) is 5. The van der Waals surface area contributed by atoms with E-state index in [9.17, 15) is 16.8 Å². The fourth-order valence-corrected chi connectivity index (χ4v) is 4.19. The average molecular weight is 322 g/mol. The summed E-state index contributed by atoms with van der Waals surface area (Å²) in [5.74, 6) is 0. The van der Waals surface area contributed by atoms with Gasteiger partial charge in [-0.2, -0.15) is 16.8 Å². The van der Waals surface area contributed by atoms with Crippen molar-refractivity contribution in [3.05, 3.63) is 24.3 Å². The summed E-state index contributed by atoms with van der Waals surface area (Å²) in [6.07, 6.45) is 1.26. The highest BCUT2D eigenvalue weighted by molar-refractivity contribution is 7.89. The highest BCUT2D eigenvalue weighted by atomic mass is 32.2. The zero-order valence-corrected chi connectivity index (χ0v) is 12.9. The molecule has 0 fully saturated rings. The van der Waals surface area contributed by atoms with E-state index in [0.717, 1.165) is 18.6 Å². The van der Waals surface area contributed by atoms with Gasteiger partial charge in [-0.15, -0.1) is 0 Å². The third kappa shape index (κ3) is 4.27. The van der Waals surface area contributed by atoms with Crippen molar-refractivity contribution < 1.29 is 25.6 Å². The van der Waals surface area contributed by atoms with Crippen LogP contribution in [0, 0.1) is 0 Å². The first kappa shape index (κ1) is 17.1. The molecule has 20 heavy (non-hydrogen) atoms. The highest BCUT2D eigenvalue weighted by Crippen LogP contribution is 2.24. The Morgan fingerprint density at radius 2 is 1.65 bits per heavy atom. The van der Waals surface area contributed by atoms with Crippen LogP contribution in [-0.2, 0) is 24.4 Å². The molecule has 8 heteroatoms. The number of hydrogen-bond donors (Lipinski definition) is 1. The monoisotopic (exact) mass is 322 g/mol. The van der Waals surface area contributed by atoms with E-state index in [1.165, 1.54) is 12.1 Å². The second-order valence-corrected chi connectivity index (χ2v) is 7.22. The number of rotatable bonds is 7. The second kappa shape index (κ2) is 6.66. The van der Waals surface area contributed by atoms with Crippen LogP contribution >= 0.6 is 0 Å². The van der Waals surface area contributed by atoms with Crippen LogP contribution in [-0.4, -0.2) is 27.5 Å². The largest absolute Gasteiger partial charge is 0.298 e. The van der Waals surface area contributed by atoms with Crippen molar-refractivity contribution in [3.63, 3.8) is 0 Å². The van der Waals surface area contributed by atoms with Crippen LogP contribution in [0.15, 0.2) is 34.1 Å². The van der Waals surface area contributed by atoms with Gasteiger partial charge in [-0.05, 0) is 25.0 Å². The smallest absolute Gasteiger partial charge is 0.282 e. The Bertz CT molecular complexity index is 648. The summed E-state index contributed by atoms with van der Waals surface area (Å²) in [5, 5.41) is 0. The maximum Gasteiger partial charge on any atom is 0.298 e. The molecule has 1 aromatic rings. The summed E-state index contributed by atoms with van der Waals surface area (Å²) >= 11 is 0. The maximum absolute atomic E-state index is 12.1. The first-order valence-corrected chi connectivity index (χ1v) is 9.07. The molecule has 0 heterocycles. The molecule has 0 saturated heterocycles. The van der Waals surface area contributed by atoms with Gasteiger partial charge in [0.25, 0.3) is 20.2 Å². The molecule has 0 aliphatic heterocycles. The molecule has 0 aromatic heterocycles.